The third-order valence-corrected chi connectivity index (χ3v) is 2.98. The number of hydrogen-bond acceptors (Lipinski definition) is 4. The predicted octanol–water partition coefficient (Wildman–Crippen LogP) is 2.09. The van der Waals surface area contributed by atoms with Crippen molar-refractivity contribution in [3.63, 3.8) is 0 Å². The maximum atomic E-state index is 9.38. The molecule has 0 saturated carbocycles. The summed E-state index contributed by atoms with van der Waals surface area (Å²) in [6.07, 6.45) is 4.58. The lowest BCUT2D eigenvalue weighted by atomic mass is 9.94. The van der Waals surface area contributed by atoms with Crippen molar-refractivity contribution in [1.29, 1.82) is 0 Å². The summed E-state index contributed by atoms with van der Waals surface area (Å²) in [4.78, 5) is 7.85. The molecule has 0 bridgehead atoms. The summed E-state index contributed by atoms with van der Waals surface area (Å²) < 4.78 is 0. The molecule has 2 N–H and O–H groups in total. The van der Waals surface area contributed by atoms with Crippen LogP contribution in [-0.2, 0) is 0 Å². The van der Waals surface area contributed by atoms with Crippen LogP contribution < -0.4 is 5.32 Å². The average Bonchev–Trinajstić information content (AvgIpc) is 2.29. The maximum Gasteiger partial charge on any atom is 0.148 e. The SMILES string of the molecule is CCC(CC)(CO)Nc1ncncc1Cl. The van der Waals surface area contributed by atoms with Gasteiger partial charge in [0.15, 0.2) is 0 Å². The molecule has 84 valence electrons. The molecule has 0 fully saturated rings. The lowest BCUT2D eigenvalue weighted by Gasteiger charge is -2.31. The largest absolute Gasteiger partial charge is 0.394 e. The Morgan fingerprint density at radius 3 is 2.60 bits per heavy atom. The number of rotatable bonds is 5. The Balaban J connectivity index is 2.88. The minimum Gasteiger partial charge on any atom is -0.394 e. The van der Waals surface area contributed by atoms with Gasteiger partial charge in [-0.25, -0.2) is 9.97 Å². The molecule has 0 aromatic carbocycles. The van der Waals surface area contributed by atoms with E-state index < -0.39 is 0 Å². The Bertz CT molecular complexity index is 307. The first-order valence-electron chi connectivity index (χ1n) is 5.02. The van der Waals surface area contributed by atoms with Gasteiger partial charge in [-0.3, -0.25) is 0 Å². The summed E-state index contributed by atoms with van der Waals surface area (Å²) in [6, 6.07) is 0. The summed E-state index contributed by atoms with van der Waals surface area (Å²) in [5.41, 5.74) is -0.349. The fourth-order valence-corrected chi connectivity index (χ4v) is 1.50. The minimum atomic E-state index is -0.349. The van der Waals surface area contributed by atoms with E-state index in [-0.39, 0.29) is 12.1 Å². The maximum absolute atomic E-state index is 9.38. The molecular formula is C10H16ClN3O. The van der Waals surface area contributed by atoms with E-state index in [0.717, 1.165) is 12.8 Å². The molecule has 0 saturated heterocycles. The zero-order valence-corrected chi connectivity index (χ0v) is 9.75. The standard InChI is InChI=1S/C10H16ClN3O/c1-3-10(4-2,6-15)14-9-8(11)5-12-7-13-9/h5,7,15H,3-4,6H2,1-2H3,(H,12,13,14). The molecule has 0 aliphatic heterocycles. The highest BCUT2D eigenvalue weighted by Gasteiger charge is 2.25. The number of halogens is 1. The first-order chi connectivity index (χ1) is 7.17. The van der Waals surface area contributed by atoms with Gasteiger partial charge in [0.1, 0.15) is 17.2 Å². The number of nitrogens with zero attached hydrogens (tertiary/aromatic N) is 2. The van der Waals surface area contributed by atoms with Gasteiger partial charge >= 0.3 is 0 Å². The van der Waals surface area contributed by atoms with Gasteiger partial charge in [-0.05, 0) is 12.8 Å². The molecule has 1 heterocycles. The molecule has 0 amide bonds. The molecule has 4 nitrogen and oxygen atoms in total. The highest BCUT2D eigenvalue weighted by molar-refractivity contribution is 6.32. The minimum absolute atomic E-state index is 0.0559. The van der Waals surface area contributed by atoms with Crippen LogP contribution in [0.3, 0.4) is 0 Å². The number of aliphatic hydroxyl groups excluding tert-OH is 1. The van der Waals surface area contributed by atoms with Crippen LogP contribution in [-0.4, -0.2) is 27.2 Å². The molecule has 15 heavy (non-hydrogen) atoms. The van der Waals surface area contributed by atoms with Crippen molar-refractivity contribution in [2.24, 2.45) is 0 Å². The zero-order valence-electron chi connectivity index (χ0n) is 9.00. The number of aromatic nitrogens is 2. The van der Waals surface area contributed by atoms with E-state index in [4.69, 9.17) is 11.6 Å². The highest BCUT2D eigenvalue weighted by Crippen LogP contribution is 2.24. The van der Waals surface area contributed by atoms with E-state index in [1.807, 2.05) is 13.8 Å². The van der Waals surface area contributed by atoms with E-state index in [0.29, 0.717) is 10.8 Å². The monoisotopic (exact) mass is 229 g/mol. The van der Waals surface area contributed by atoms with Gasteiger partial charge < -0.3 is 10.4 Å². The second-order valence-electron chi connectivity index (χ2n) is 3.49. The van der Waals surface area contributed by atoms with Gasteiger partial charge in [-0.2, -0.15) is 0 Å². The van der Waals surface area contributed by atoms with Crippen molar-refractivity contribution in [2.45, 2.75) is 32.2 Å². The number of hydrogen-bond donors (Lipinski definition) is 2. The van der Waals surface area contributed by atoms with Gasteiger partial charge in [0, 0.05) is 0 Å². The Morgan fingerprint density at radius 1 is 1.47 bits per heavy atom. The summed E-state index contributed by atoms with van der Waals surface area (Å²) >= 11 is 5.93. The normalized spacial score (nSPS) is 11.5. The summed E-state index contributed by atoms with van der Waals surface area (Å²) in [5.74, 6) is 0.574. The van der Waals surface area contributed by atoms with Crippen LogP contribution >= 0.6 is 11.6 Å². The van der Waals surface area contributed by atoms with Crippen molar-refractivity contribution in [3.05, 3.63) is 17.5 Å². The third-order valence-electron chi connectivity index (χ3n) is 2.71. The first kappa shape index (κ1) is 12.2. The number of aliphatic hydroxyl groups is 1. The molecule has 1 aromatic rings. The quantitative estimate of drug-likeness (QED) is 0.812. The van der Waals surface area contributed by atoms with Crippen LogP contribution in [0.15, 0.2) is 12.5 Å². The van der Waals surface area contributed by atoms with Gasteiger partial charge in [0.05, 0.1) is 18.3 Å². The first-order valence-corrected chi connectivity index (χ1v) is 5.39. The van der Waals surface area contributed by atoms with E-state index >= 15 is 0 Å². The molecule has 0 radical (unpaired) electrons. The van der Waals surface area contributed by atoms with E-state index in [2.05, 4.69) is 15.3 Å². The summed E-state index contributed by atoms with van der Waals surface area (Å²) in [7, 11) is 0. The number of nitrogens with one attached hydrogen (secondary N) is 1. The molecule has 0 aliphatic carbocycles. The molecule has 0 unspecified atom stereocenters. The van der Waals surface area contributed by atoms with Gasteiger partial charge in [-0.1, -0.05) is 25.4 Å². The molecule has 5 heteroatoms. The summed E-state index contributed by atoms with van der Waals surface area (Å²) in [5, 5.41) is 13.0. The highest BCUT2D eigenvalue weighted by atomic mass is 35.5. The number of anilines is 1. The van der Waals surface area contributed by atoms with Crippen molar-refractivity contribution in [2.75, 3.05) is 11.9 Å². The Hall–Kier alpha value is -0.870. The molecular weight excluding hydrogens is 214 g/mol. The molecule has 0 atom stereocenters. The van der Waals surface area contributed by atoms with Gasteiger partial charge in [0.2, 0.25) is 0 Å². The zero-order chi connectivity index (χ0) is 11.3. The van der Waals surface area contributed by atoms with Crippen molar-refractivity contribution >= 4 is 17.4 Å². The Morgan fingerprint density at radius 2 is 2.13 bits per heavy atom. The van der Waals surface area contributed by atoms with E-state index in [9.17, 15) is 5.11 Å². The van der Waals surface area contributed by atoms with Crippen LogP contribution in [0.25, 0.3) is 0 Å². The van der Waals surface area contributed by atoms with Crippen LogP contribution in [0, 0.1) is 0 Å². The second-order valence-corrected chi connectivity index (χ2v) is 3.90. The third kappa shape index (κ3) is 2.79. The van der Waals surface area contributed by atoms with Crippen molar-refractivity contribution < 1.29 is 5.11 Å². The summed E-state index contributed by atoms with van der Waals surface area (Å²) in [6.45, 7) is 4.09. The van der Waals surface area contributed by atoms with Crippen molar-refractivity contribution in [3.8, 4) is 0 Å². The topological polar surface area (TPSA) is 58.0 Å². The lowest BCUT2D eigenvalue weighted by molar-refractivity contribution is 0.202. The fourth-order valence-electron chi connectivity index (χ4n) is 1.35. The molecule has 0 spiro atoms. The van der Waals surface area contributed by atoms with Crippen LogP contribution in [0.2, 0.25) is 5.02 Å². The smallest absolute Gasteiger partial charge is 0.148 e. The van der Waals surface area contributed by atoms with E-state index in [1.54, 1.807) is 0 Å². The second kappa shape index (κ2) is 5.28. The van der Waals surface area contributed by atoms with Gasteiger partial charge in [-0.15, -0.1) is 0 Å². The fraction of sp³-hybridized carbons (Fsp3) is 0.600. The molecule has 1 aromatic heterocycles. The predicted molar refractivity (Wildman–Crippen MR) is 61.1 cm³/mol. The average molecular weight is 230 g/mol. The lowest BCUT2D eigenvalue weighted by Crippen LogP contribution is -2.41. The van der Waals surface area contributed by atoms with Crippen LogP contribution in [0.5, 0.6) is 0 Å². The molecule has 1 rings (SSSR count). The molecule has 0 aliphatic rings. The Kier molecular flexibility index (Phi) is 4.29. The van der Waals surface area contributed by atoms with Crippen molar-refractivity contribution in [1.82, 2.24) is 9.97 Å². The Labute approximate surface area is 94.7 Å². The van der Waals surface area contributed by atoms with Crippen LogP contribution in [0.1, 0.15) is 26.7 Å². The van der Waals surface area contributed by atoms with Gasteiger partial charge in [0.25, 0.3) is 0 Å². The van der Waals surface area contributed by atoms with Crippen LogP contribution in [0.4, 0.5) is 5.82 Å². The van der Waals surface area contributed by atoms with E-state index in [1.165, 1.54) is 12.5 Å².